The summed E-state index contributed by atoms with van der Waals surface area (Å²) in [5.41, 5.74) is 9.67. The molecule has 2 rings (SSSR count). The summed E-state index contributed by atoms with van der Waals surface area (Å²) < 4.78 is 0. The molecule has 0 amide bonds. The lowest BCUT2D eigenvalue weighted by molar-refractivity contribution is 0.820. The number of hydrogen-bond donors (Lipinski definition) is 2. The molecule has 0 spiro atoms. The quantitative estimate of drug-likeness (QED) is 0.718. The fourth-order valence-electron chi connectivity index (χ4n) is 1.26. The van der Waals surface area contributed by atoms with E-state index in [1.807, 2.05) is 12.1 Å². The topological polar surface area (TPSA) is 27.3 Å². The number of nitrogens with zero attached hydrogens (tertiary/aromatic N) is 1. The van der Waals surface area contributed by atoms with E-state index >= 15 is 0 Å². The average molecular weight is 228 g/mol. The van der Waals surface area contributed by atoms with Crippen molar-refractivity contribution in [2.45, 2.75) is 5.33 Å². The molecule has 0 saturated heterocycles. The van der Waals surface area contributed by atoms with E-state index in [2.05, 4.69) is 45.1 Å². The van der Waals surface area contributed by atoms with E-state index in [0.717, 1.165) is 11.0 Å². The van der Waals surface area contributed by atoms with E-state index in [9.17, 15) is 0 Å². The normalized spacial score (nSPS) is 14.3. The molecule has 12 heavy (non-hydrogen) atoms. The first-order chi connectivity index (χ1) is 5.81. The molecule has 0 fully saturated rings. The molecule has 64 valence electrons. The minimum Gasteiger partial charge on any atom is -0.302 e. The van der Waals surface area contributed by atoms with E-state index in [1.54, 1.807) is 0 Å². The molecule has 0 unspecified atom stereocenters. The number of halogens is 1. The molecule has 3 nitrogen and oxygen atoms in total. The van der Waals surface area contributed by atoms with Gasteiger partial charge in [0.05, 0.1) is 11.4 Å². The van der Waals surface area contributed by atoms with Crippen LogP contribution in [0.5, 0.6) is 0 Å². The van der Waals surface area contributed by atoms with Crippen molar-refractivity contribution in [2.24, 2.45) is 0 Å². The van der Waals surface area contributed by atoms with Gasteiger partial charge in [0.1, 0.15) is 0 Å². The van der Waals surface area contributed by atoms with Gasteiger partial charge in [0, 0.05) is 12.4 Å². The van der Waals surface area contributed by atoms with Gasteiger partial charge in [-0.3, -0.25) is 5.01 Å². The second kappa shape index (κ2) is 2.95. The third-order valence-electron chi connectivity index (χ3n) is 1.93. The van der Waals surface area contributed by atoms with Gasteiger partial charge in [-0.25, -0.2) is 0 Å². The highest BCUT2D eigenvalue weighted by Crippen LogP contribution is 2.29. The Labute approximate surface area is 79.8 Å². The summed E-state index contributed by atoms with van der Waals surface area (Å²) >= 11 is 3.42. The third-order valence-corrected chi connectivity index (χ3v) is 2.58. The van der Waals surface area contributed by atoms with Gasteiger partial charge < -0.3 is 5.43 Å². The summed E-state index contributed by atoms with van der Waals surface area (Å²) in [5, 5.41) is 2.85. The van der Waals surface area contributed by atoms with Crippen LogP contribution in [-0.4, -0.2) is 7.05 Å². The number of alkyl halides is 1. The number of nitrogens with one attached hydrogen (secondary N) is 2. The van der Waals surface area contributed by atoms with E-state index in [0.29, 0.717) is 0 Å². The monoisotopic (exact) mass is 227 g/mol. The number of rotatable bonds is 1. The Bertz CT molecular complexity index is 300. The highest BCUT2D eigenvalue weighted by atomic mass is 79.9. The third kappa shape index (κ3) is 1.17. The molecule has 0 atom stereocenters. The van der Waals surface area contributed by atoms with Gasteiger partial charge in [0.15, 0.2) is 0 Å². The second-order valence-corrected chi connectivity index (χ2v) is 3.34. The van der Waals surface area contributed by atoms with Crippen LogP contribution in [0, 0.1) is 0 Å². The highest BCUT2D eigenvalue weighted by molar-refractivity contribution is 9.08. The lowest BCUT2D eigenvalue weighted by Crippen LogP contribution is -2.31. The van der Waals surface area contributed by atoms with Gasteiger partial charge in [-0.2, -0.15) is 0 Å². The lowest BCUT2D eigenvalue weighted by Gasteiger charge is -2.09. The maximum absolute atomic E-state index is 3.42. The summed E-state index contributed by atoms with van der Waals surface area (Å²) in [6.07, 6.45) is 0. The zero-order valence-corrected chi connectivity index (χ0v) is 8.35. The molecular formula is C8H10BrN3. The largest absolute Gasteiger partial charge is 0.302 e. The summed E-state index contributed by atoms with van der Waals surface area (Å²) in [4.78, 5) is 0. The highest BCUT2D eigenvalue weighted by Gasteiger charge is 2.13. The van der Waals surface area contributed by atoms with Crippen molar-refractivity contribution >= 4 is 27.3 Å². The van der Waals surface area contributed by atoms with Gasteiger partial charge >= 0.3 is 0 Å². The number of fused-ring (bicyclic) bond motifs is 1. The lowest BCUT2D eigenvalue weighted by atomic mass is 10.2. The van der Waals surface area contributed by atoms with Gasteiger partial charge in [-0.05, 0) is 17.7 Å². The molecule has 4 heteroatoms. The molecule has 1 aliphatic heterocycles. The molecule has 0 aliphatic carbocycles. The van der Waals surface area contributed by atoms with Gasteiger partial charge in [-0.1, -0.05) is 22.0 Å². The van der Waals surface area contributed by atoms with Crippen molar-refractivity contribution in [2.75, 3.05) is 17.5 Å². The molecule has 1 heterocycles. The molecule has 0 aromatic heterocycles. The Balaban J connectivity index is 2.41. The minimum atomic E-state index is 0.895. The zero-order chi connectivity index (χ0) is 8.55. The van der Waals surface area contributed by atoms with E-state index < -0.39 is 0 Å². The fourth-order valence-corrected chi connectivity index (χ4v) is 1.61. The predicted molar refractivity (Wildman–Crippen MR) is 54.2 cm³/mol. The van der Waals surface area contributed by atoms with Crippen molar-refractivity contribution < 1.29 is 0 Å². The smallest absolute Gasteiger partial charge is 0.0779 e. The summed E-state index contributed by atoms with van der Waals surface area (Å²) in [7, 11) is 1.98. The van der Waals surface area contributed by atoms with Crippen molar-refractivity contribution in [3.8, 4) is 0 Å². The number of hydrazine groups is 2. The minimum absolute atomic E-state index is 0.895. The van der Waals surface area contributed by atoms with Crippen molar-refractivity contribution in [3.05, 3.63) is 23.8 Å². The Hall–Kier alpha value is -0.740. The maximum Gasteiger partial charge on any atom is 0.0779 e. The molecule has 2 N–H and O–H groups in total. The number of anilines is 2. The van der Waals surface area contributed by atoms with Crippen molar-refractivity contribution in [1.29, 1.82) is 0 Å². The molecule has 0 bridgehead atoms. The average Bonchev–Trinajstić information content (AvgIpc) is 2.47. The first-order valence-electron chi connectivity index (χ1n) is 3.75. The first kappa shape index (κ1) is 7.89. The standard InChI is InChI=1S/C8H10BrN3/c1-12-8-3-2-6(5-9)4-7(8)10-11-12/h2-4,10-11H,5H2,1H3. The molecule has 1 aliphatic rings. The van der Waals surface area contributed by atoms with Gasteiger partial charge in [-0.15, -0.1) is 5.53 Å². The summed E-state index contributed by atoms with van der Waals surface area (Å²) in [6, 6.07) is 6.33. The van der Waals surface area contributed by atoms with Crippen LogP contribution >= 0.6 is 15.9 Å². The Morgan fingerprint density at radius 3 is 3.08 bits per heavy atom. The maximum atomic E-state index is 3.42. The van der Waals surface area contributed by atoms with Gasteiger partial charge in [0.2, 0.25) is 0 Å². The van der Waals surface area contributed by atoms with Crippen molar-refractivity contribution in [1.82, 2.24) is 5.53 Å². The van der Waals surface area contributed by atoms with Crippen LogP contribution in [0.4, 0.5) is 11.4 Å². The van der Waals surface area contributed by atoms with Crippen LogP contribution in [0.1, 0.15) is 5.56 Å². The van der Waals surface area contributed by atoms with Crippen LogP contribution in [-0.2, 0) is 5.33 Å². The van der Waals surface area contributed by atoms with Crippen LogP contribution in [0.15, 0.2) is 18.2 Å². The molecule has 0 radical (unpaired) electrons. The Kier molecular flexibility index (Phi) is 1.94. The predicted octanol–water partition coefficient (Wildman–Crippen LogP) is 1.86. The van der Waals surface area contributed by atoms with Crippen molar-refractivity contribution in [3.63, 3.8) is 0 Å². The van der Waals surface area contributed by atoms with Gasteiger partial charge in [0.25, 0.3) is 0 Å². The SMILES string of the molecule is CN1NNc2cc(CBr)ccc21. The Morgan fingerprint density at radius 1 is 1.50 bits per heavy atom. The van der Waals surface area contributed by atoms with E-state index in [4.69, 9.17) is 0 Å². The zero-order valence-electron chi connectivity index (χ0n) is 6.76. The van der Waals surface area contributed by atoms with E-state index in [-0.39, 0.29) is 0 Å². The summed E-state index contributed by atoms with van der Waals surface area (Å²) in [5.74, 6) is 0. The second-order valence-electron chi connectivity index (χ2n) is 2.78. The van der Waals surface area contributed by atoms with E-state index in [1.165, 1.54) is 11.3 Å². The van der Waals surface area contributed by atoms with Crippen LogP contribution in [0.3, 0.4) is 0 Å². The van der Waals surface area contributed by atoms with Crippen LogP contribution in [0.2, 0.25) is 0 Å². The number of benzene rings is 1. The number of hydrogen-bond acceptors (Lipinski definition) is 3. The Morgan fingerprint density at radius 2 is 2.33 bits per heavy atom. The molecule has 1 aromatic rings. The molecule has 1 aromatic carbocycles. The first-order valence-corrected chi connectivity index (χ1v) is 4.87. The summed E-state index contributed by atoms with van der Waals surface area (Å²) in [6.45, 7) is 0. The fraction of sp³-hybridized carbons (Fsp3) is 0.250. The van der Waals surface area contributed by atoms with Crippen LogP contribution in [0.25, 0.3) is 0 Å². The van der Waals surface area contributed by atoms with Crippen LogP contribution < -0.4 is 16.0 Å². The molecular weight excluding hydrogens is 218 g/mol. The molecule has 0 saturated carbocycles.